The van der Waals surface area contributed by atoms with E-state index in [0.29, 0.717) is 6.04 Å². The molecule has 0 amide bonds. The fourth-order valence-electron chi connectivity index (χ4n) is 1.52. The minimum Gasteiger partial charge on any atom is -0.481 e. The van der Waals surface area contributed by atoms with Crippen LogP contribution in [0.3, 0.4) is 0 Å². The monoisotopic (exact) mass is 209 g/mol. The van der Waals surface area contributed by atoms with Gasteiger partial charge in [0, 0.05) is 6.04 Å². The molecule has 14 heavy (non-hydrogen) atoms. The van der Waals surface area contributed by atoms with Crippen molar-refractivity contribution >= 4 is 11.8 Å². The summed E-state index contributed by atoms with van der Waals surface area (Å²) < 4.78 is 5.50. The van der Waals surface area contributed by atoms with Gasteiger partial charge in [-0.25, -0.2) is 0 Å². The predicted molar refractivity (Wildman–Crippen MR) is 60.0 cm³/mol. The van der Waals surface area contributed by atoms with Crippen LogP contribution < -0.4 is 10.1 Å². The van der Waals surface area contributed by atoms with E-state index in [9.17, 15) is 0 Å². The molecule has 76 valence electrons. The standard InChI is InChI=1S/C11H15NOS/c1-8(12-2)5-9-3-4-11-10(6-9)13-7-14-11/h3-4,6,8,12H,5,7H2,1-2H3/t8-/m0/s1. The molecule has 1 aromatic carbocycles. The van der Waals surface area contributed by atoms with Gasteiger partial charge in [0.25, 0.3) is 0 Å². The van der Waals surface area contributed by atoms with Crippen molar-refractivity contribution in [1.82, 2.24) is 5.32 Å². The van der Waals surface area contributed by atoms with Gasteiger partial charge in [-0.05, 0) is 38.1 Å². The zero-order valence-electron chi connectivity index (χ0n) is 8.54. The number of hydrogen-bond acceptors (Lipinski definition) is 3. The van der Waals surface area contributed by atoms with Crippen molar-refractivity contribution in [3.8, 4) is 5.75 Å². The van der Waals surface area contributed by atoms with Crippen LogP contribution in [0.5, 0.6) is 5.75 Å². The number of likely N-dealkylation sites (N-methyl/N-ethyl adjacent to an activating group) is 1. The Morgan fingerprint density at radius 2 is 2.43 bits per heavy atom. The molecule has 0 bridgehead atoms. The maximum Gasteiger partial charge on any atom is 0.138 e. The number of hydrogen-bond donors (Lipinski definition) is 1. The van der Waals surface area contributed by atoms with Crippen LogP contribution in [0.15, 0.2) is 23.1 Å². The predicted octanol–water partition coefficient (Wildman–Crippen LogP) is 2.28. The zero-order chi connectivity index (χ0) is 9.97. The molecule has 0 saturated heterocycles. The van der Waals surface area contributed by atoms with Crippen LogP contribution in [0.2, 0.25) is 0 Å². The van der Waals surface area contributed by atoms with Gasteiger partial charge < -0.3 is 10.1 Å². The first kappa shape index (κ1) is 9.87. The third-order valence-corrected chi connectivity index (χ3v) is 3.36. The van der Waals surface area contributed by atoms with Gasteiger partial charge >= 0.3 is 0 Å². The molecule has 2 rings (SSSR count). The summed E-state index contributed by atoms with van der Waals surface area (Å²) in [4.78, 5) is 1.27. The van der Waals surface area contributed by atoms with E-state index >= 15 is 0 Å². The van der Waals surface area contributed by atoms with Gasteiger partial charge in [0.2, 0.25) is 0 Å². The summed E-state index contributed by atoms with van der Waals surface area (Å²) >= 11 is 1.76. The first-order valence-corrected chi connectivity index (χ1v) is 5.84. The van der Waals surface area contributed by atoms with Crippen molar-refractivity contribution in [1.29, 1.82) is 0 Å². The van der Waals surface area contributed by atoms with Crippen LogP contribution in [-0.2, 0) is 6.42 Å². The summed E-state index contributed by atoms with van der Waals surface area (Å²) in [7, 11) is 1.99. The molecule has 1 atom stereocenters. The lowest BCUT2D eigenvalue weighted by molar-refractivity contribution is 0.397. The van der Waals surface area contributed by atoms with Gasteiger partial charge in [-0.3, -0.25) is 0 Å². The highest BCUT2D eigenvalue weighted by Gasteiger charge is 2.13. The van der Waals surface area contributed by atoms with Gasteiger partial charge in [-0.2, -0.15) is 0 Å². The Hall–Kier alpha value is -0.670. The second kappa shape index (κ2) is 4.24. The highest BCUT2D eigenvalue weighted by molar-refractivity contribution is 7.99. The highest BCUT2D eigenvalue weighted by atomic mass is 32.2. The number of ether oxygens (including phenoxy) is 1. The third-order valence-electron chi connectivity index (χ3n) is 2.47. The van der Waals surface area contributed by atoms with Gasteiger partial charge in [0.15, 0.2) is 0 Å². The summed E-state index contributed by atoms with van der Waals surface area (Å²) in [6.45, 7) is 2.18. The largest absolute Gasteiger partial charge is 0.481 e. The van der Waals surface area contributed by atoms with Gasteiger partial charge in [-0.1, -0.05) is 17.8 Å². The SMILES string of the molecule is CN[C@@H](C)Cc1ccc2c(c1)OCS2. The van der Waals surface area contributed by atoms with Crippen molar-refractivity contribution in [2.24, 2.45) is 0 Å². The second-order valence-corrected chi connectivity index (χ2v) is 4.55. The quantitative estimate of drug-likeness (QED) is 0.825. The number of thioether (sulfide) groups is 1. The van der Waals surface area contributed by atoms with Crippen molar-refractivity contribution in [2.75, 3.05) is 13.0 Å². The lowest BCUT2D eigenvalue weighted by Gasteiger charge is -2.10. The average Bonchev–Trinajstić information content (AvgIpc) is 2.64. The van der Waals surface area contributed by atoms with Gasteiger partial charge in [0.05, 0.1) is 4.90 Å². The zero-order valence-corrected chi connectivity index (χ0v) is 9.36. The Morgan fingerprint density at radius 1 is 1.57 bits per heavy atom. The Kier molecular flexibility index (Phi) is 2.99. The average molecular weight is 209 g/mol. The fraction of sp³-hybridized carbons (Fsp3) is 0.455. The van der Waals surface area contributed by atoms with E-state index in [4.69, 9.17) is 4.74 Å². The molecule has 0 spiro atoms. The van der Waals surface area contributed by atoms with Crippen molar-refractivity contribution in [3.05, 3.63) is 23.8 Å². The molecule has 1 aliphatic heterocycles. The Balaban J connectivity index is 2.12. The molecule has 0 radical (unpaired) electrons. The maximum atomic E-state index is 5.50. The molecule has 0 aromatic heterocycles. The lowest BCUT2D eigenvalue weighted by Crippen LogP contribution is -2.23. The summed E-state index contributed by atoms with van der Waals surface area (Å²) in [5, 5.41) is 3.24. The molecular weight excluding hydrogens is 194 g/mol. The molecule has 2 nitrogen and oxygen atoms in total. The summed E-state index contributed by atoms with van der Waals surface area (Å²) in [5.74, 6) is 1.82. The molecule has 0 saturated carbocycles. The minimum absolute atomic E-state index is 0.516. The lowest BCUT2D eigenvalue weighted by atomic mass is 10.1. The van der Waals surface area contributed by atoms with Gasteiger partial charge in [-0.15, -0.1) is 0 Å². The maximum absolute atomic E-state index is 5.50. The molecule has 3 heteroatoms. The van der Waals surface area contributed by atoms with E-state index < -0.39 is 0 Å². The van der Waals surface area contributed by atoms with Crippen LogP contribution in [0.4, 0.5) is 0 Å². The Bertz CT molecular complexity index is 327. The fourth-order valence-corrected chi connectivity index (χ4v) is 2.26. The van der Waals surface area contributed by atoms with Crippen LogP contribution in [0.25, 0.3) is 0 Å². The topological polar surface area (TPSA) is 21.3 Å². The number of fused-ring (bicyclic) bond motifs is 1. The van der Waals surface area contributed by atoms with Crippen molar-refractivity contribution in [2.45, 2.75) is 24.3 Å². The molecule has 0 fully saturated rings. The third kappa shape index (κ3) is 2.04. The number of benzene rings is 1. The first-order valence-electron chi connectivity index (χ1n) is 4.85. The first-order chi connectivity index (χ1) is 6.79. The molecule has 0 unspecified atom stereocenters. The molecule has 1 aromatic rings. The molecule has 0 aliphatic carbocycles. The van der Waals surface area contributed by atoms with E-state index in [1.807, 2.05) is 7.05 Å². The Labute approximate surface area is 89.0 Å². The van der Waals surface area contributed by atoms with Crippen LogP contribution >= 0.6 is 11.8 Å². The van der Waals surface area contributed by atoms with E-state index in [-0.39, 0.29) is 0 Å². The van der Waals surface area contributed by atoms with E-state index in [1.165, 1.54) is 10.5 Å². The van der Waals surface area contributed by atoms with Crippen LogP contribution in [-0.4, -0.2) is 19.0 Å². The highest BCUT2D eigenvalue weighted by Crippen LogP contribution is 2.36. The molecule has 1 heterocycles. The molecule has 1 aliphatic rings. The van der Waals surface area contributed by atoms with Crippen molar-refractivity contribution in [3.63, 3.8) is 0 Å². The second-order valence-electron chi connectivity index (χ2n) is 3.58. The number of nitrogens with one attached hydrogen (secondary N) is 1. The molecular formula is C11H15NOS. The normalized spacial score (nSPS) is 16.1. The summed E-state index contributed by atoms with van der Waals surface area (Å²) in [6, 6.07) is 7.02. The number of rotatable bonds is 3. The van der Waals surface area contributed by atoms with E-state index in [1.54, 1.807) is 11.8 Å². The van der Waals surface area contributed by atoms with E-state index in [0.717, 1.165) is 18.1 Å². The smallest absolute Gasteiger partial charge is 0.138 e. The van der Waals surface area contributed by atoms with E-state index in [2.05, 4.69) is 30.4 Å². The van der Waals surface area contributed by atoms with Crippen LogP contribution in [0, 0.1) is 0 Å². The summed E-state index contributed by atoms with van der Waals surface area (Å²) in [5.41, 5.74) is 1.34. The van der Waals surface area contributed by atoms with Crippen molar-refractivity contribution < 1.29 is 4.74 Å². The summed E-state index contributed by atoms with van der Waals surface area (Å²) in [6.07, 6.45) is 1.05. The van der Waals surface area contributed by atoms with Gasteiger partial charge in [0.1, 0.15) is 11.7 Å². The Morgan fingerprint density at radius 3 is 3.21 bits per heavy atom. The van der Waals surface area contributed by atoms with Crippen LogP contribution in [0.1, 0.15) is 12.5 Å². The minimum atomic E-state index is 0.516. The molecule has 1 N–H and O–H groups in total.